The second-order valence-electron chi connectivity index (χ2n) is 6.35. The Kier molecular flexibility index (Phi) is 4.24. The molecule has 130 valence electrons. The van der Waals surface area contributed by atoms with Gasteiger partial charge in [-0.05, 0) is 49.7 Å². The zero-order valence-electron chi connectivity index (χ0n) is 13.6. The van der Waals surface area contributed by atoms with Crippen LogP contribution in [-0.2, 0) is 15.0 Å². The van der Waals surface area contributed by atoms with E-state index < -0.39 is 23.0 Å². The van der Waals surface area contributed by atoms with Gasteiger partial charge in [-0.25, -0.2) is 8.78 Å². The molecule has 1 aliphatic heterocycles. The average Bonchev–Trinajstić information content (AvgIpc) is 2.72. The van der Waals surface area contributed by atoms with Gasteiger partial charge in [0.25, 0.3) is 0 Å². The summed E-state index contributed by atoms with van der Waals surface area (Å²) < 4.78 is 26.2. The summed E-state index contributed by atoms with van der Waals surface area (Å²) >= 11 is 6.01. The van der Waals surface area contributed by atoms with E-state index in [2.05, 4.69) is 5.32 Å². The molecule has 0 atom stereocenters. The van der Waals surface area contributed by atoms with E-state index in [1.807, 2.05) is 0 Å². The van der Waals surface area contributed by atoms with Crippen LogP contribution in [0.5, 0.6) is 0 Å². The molecule has 0 spiro atoms. The van der Waals surface area contributed by atoms with Crippen molar-refractivity contribution in [2.45, 2.75) is 19.3 Å². The standard InChI is InChI=1S/C18H15ClF2N2O2/c1-18(2)12-7-10(19)3-6-15(12)23(17(18)25)9-16(24)22-11-4-5-13(20)14(21)8-11/h3-8H,9H2,1-2H3,(H,22,24). The highest BCUT2D eigenvalue weighted by Gasteiger charge is 2.44. The Balaban J connectivity index is 1.82. The molecule has 1 N–H and O–H groups in total. The van der Waals surface area contributed by atoms with Gasteiger partial charge in [0, 0.05) is 22.5 Å². The lowest BCUT2D eigenvalue weighted by Crippen LogP contribution is -2.40. The zero-order chi connectivity index (χ0) is 18.4. The maximum atomic E-state index is 13.2. The van der Waals surface area contributed by atoms with Crippen LogP contribution in [0.1, 0.15) is 19.4 Å². The number of benzene rings is 2. The number of hydrogen-bond acceptors (Lipinski definition) is 2. The van der Waals surface area contributed by atoms with E-state index in [-0.39, 0.29) is 18.1 Å². The van der Waals surface area contributed by atoms with Crippen molar-refractivity contribution in [2.75, 3.05) is 16.8 Å². The lowest BCUT2D eigenvalue weighted by molar-refractivity contribution is -0.124. The molecule has 0 radical (unpaired) electrons. The normalized spacial score (nSPS) is 15.2. The van der Waals surface area contributed by atoms with Crippen LogP contribution in [0.15, 0.2) is 36.4 Å². The van der Waals surface area contributed by atoms with Crippen LogP contribution in [0.3, 0.4) is 0 Å². The maximum Gasteiger partial charge on any atom is 0.244 e. The number of anilines is 2. The van der Waals surface area contributed by atoms with E-state index in [4.69, 9.17) is 11.6 Å². The van der Waals surface area contributed by atoms with E-state index in [9.17, 15) is 18.4 Å². The molecule has 0 fully saturated rings. The lowest BCUT2D eigenvalue weighted by Gasteiger charge is -2.20. The van der Waals surface area contributed by atoms with Gasteiger partial charge in [0.15, 0.2) is 11.6 Å². The molecular formula is C18H15ClF2N2O2. The topological polar surface area (TPSA) is 49.4 Å². The third-order valence-electron chi connectivity index (χ3n) is 4.21. The van der Waals surface area contributed by atoms with Crippen molar-refractivity contribution in [3.63, 3.8) is 0 Å². The molecule has 0 aromatic heterocycles. The molecule has 7 heteroatoms. The Morgan fingerprint density at radius 3 is 2.56 bits per heavy atom. The predicted molar refractivity (Wildman–Crippen MR) is 91.8 cm³/mol. The fourth-order valence-corrected chi connectivity index (χ4v) is 3.05. The molecule has 0 aliphatic carbocycles. The zero-order valence-corrected chi connectivity index (χ0v) is 14.3. The van der Waals surface area contributed by atoms with Crippen LogP contribution in [0.25, 0.3) is 0 Å². The summed E-state index contributed by atoms with van der Waals surface area (Å²) in [6.07, 6.45) is 0. The number of nitrogens with zero attached hydrogens (tertiary/aromatic N) is 1. The van der Waals surface area contributed by atoms with Gasteiger partial charge >= 0.3 is 0 Å². The lowest BCUT2D eigenvalue weighted by atomic mass is 9.86. The SMILES string of the molecule is CC1(C)C(=O)N(CC(=O)Nc2ccc(F)c(F)c2)c2ccc(Cl)cc21. The maximum absolute atomic E-state index is 13.2. The number of carbonyl (C=O) groups excluding carboxylic acids is 2. The van der Waals surface area contributed by atoms with Crippen molar-refractivity contribution in [3.8, 4) is 0 Å². The summed E-state index contributed by atoms with van der Waals surface area (Å²) in [6.45, 7) is 3.28. The minimum atomic E-state index is -1.06. The fraction of sp³-hybridized carbons (Fsp3) is 0.222. The van der Waals surface area contributed by atoms with Gasteiger partial charge in [0.1, 0.15) is 6.54 Å². The minimum absolute atomic E-state index is 0.117. The second-order valence-corrected chi connectivity index (χ2v) is 6.79. The number of carbonyl (C=O) groups is 2. The molecule has 25 heavy (non-hydrogen) atoms. The molecular weight excluding hydrogens is 350 g/mol. The van der Waals surface area contributed by atoms with Crippen LogP contribution in [0.2, 0.25) is 5.02 Å². The molecule has 1 aliphatic rings. The number of halogens is 3. The molecule has 0 saturated carbocycles. The monoisotopic (exact) mass is 364 g/mol. The first-order valence-corrected chi connectivity index (χ1v) is 7.95. The summed E-state index contributed by atoms with van der Waals surface area (Å²) in [4.78, 5) is 26.3. The number of fused-ring (bicyclic) bond motifs is 1. The van der Waals surface area contributed by atoms with Crippen LogP contribution in [-0.4, -0.2) is 18.4 Å². The van der Waals surface area contributed by atoms with Crippen molar-refractivity contribution in [1.82, 2.24) is 0 Å². The molecule has 0 bridgehead atoms. The van der Waals surface area contributed by atoms with Crippen LogP contribution in [0.4, 0.5) is 20.2 Å². The smallest absolute Gasteiger partial charge is 0.244 e. The highest BCUT2D eigenvalue weighted by Crippen LogP contribution is 2.42. The van der Waals surface area contributed by atoms with Crippen LogP contribution in [0, 0.1) is 11.6 Å². The van der Waals surface area contributed by atoms with Crippen molar-refractivity contribution < 1.29 is 18.4 Å². The Labute approximate surface area is 148 Å². The quantitative estimate of drug-likeness (QED) is 0.898. The van der Waals surface area contributed by atoms with E-state index in [0.717, 1.165) is 17.7 Å². The first-order chi connectivity index (χ1) is 11.7. The van der Waals surface area contributed by atoms with Gasteiger partial charge in [-0.1, -0.05) is 11.6 Å². The van der Waals surface area contributed by atoms with Crippen LogP contribution >= 0.6 is 11.6 Å². The Morgan fingerprint density at radius 2 is 1.88 bits per heavy atom. The van der Waals surface area contributed by atoms with Gasteiger partial charge in [0.2, 0.25) is 11.8 Å². The highest BCUT2D eigenvalue weighted by molar-refractivity contribution is 6.31. The minimum Gasteiger partial charge on any atom is -0.324 e. The fourth-order valence-electron chi connectivity index (χ4n) is 2.88. The van der Waals surface area contributed by atoms with Crippen molar-refractivity contribution >= 4 is 34.8 Å². The number of amides is 2. The Morgan fingerprint density at radius 1 is 1.16 bits per heavy atom. The van der Waals surface area contributed by atoms with Gasteiger partial charge in [-0.15, -0.1) is 0 Å². The molecule has 2 aromatic carbocycles. The number of nitrogens with one attached hydrogen (secondary N) is 1. The van der Waals surface area contributed by atoms with E-state index in [0.29, 0.717) is 10.7 Å². The van der Waals surface area contributed by atoms with Gasteiger partial charge in [0.05, 0.1) is 5.41 Å². The molecule has 1 heterocycles. The van der Waals surface area contributed by atoms with Crippen LogP contribution < -0.4 is 10.2 Å². The number of rotatable bonds is 3. The highest BCUT2D eigenvalue weighted by atomic mass is 35.5. The molecule has 2 amide bonds. The van der Waals surface area contributed by atoms with Gasteiger partial charge in [-0.2, -0.15) is 0 Å². The number of hydrogen-bond donors (Lipinski definition) is 1. The second kappa shape index (κ2) is 6.11. The van der Waals surface area contributed by atoms with Gasteiger partial charge < -0.3 is 10.2 Å². The first kappa shape index (κ1) is 17.4. The van der Waals surface area contributed by atoms with E-state index in [1.165, 1.54) is 11.0 Å². The van der Waals surface area contributed by atoms with Crippen molar-refractivity contribution in [1.29, 1.82) is 0 Å². The van der Waals surface area contributed by atoms with Gasteiger partial charge in [-0.3, -0.25) is 9.59 Å². The van der Waals surface area contributed by atoms with E-state index in [1.54, 1.807) is 32.0 Å². The Bertz CT molecular complexity index is 883. The largest absolute Gasteiger partial charge is 0.324 e. The first-order valence-electron chi connectivity index (χ1n) is 7.57. The van der Waals surface area contributed by atoms with E-state index >= 15 is 0 Å². The molecule has 0 saturated heterocycles. The molecule has 3 rings (SSSR count). The predicted octanol–water partition coefficient (Wildman–Crippen LogP) is 3.88. The summed E-state index contributed by atoms with van der Waals surface area (Å²) in [7, 11) is 0. The summed E-state index contributed by atoms with van der Waals surface area (Å²) in [6, 6.07) is 8.11. The summed E-state index contributed by atoms with van der Waals surface area (Å²) in [5.41, 5.74) is 0.666. The molecule has 0 unspecified atom stereocenters. The third-order valence-corrected chi connectivity index (χ3v) is 4.44. The third kappa shape index (κ3) is 3.09. The average molecular weight is 365 g/mol. The Hall–Kier alpha value is -2.47. The molecule has 4 nitrogen and oxygen atoms in total. The van der Waals surface area contributed by atoms with Crippen molar-refractivity contribution in [2.24, 2.45) is 0 Å². The summed E-state index contributed by atoms with van der Waals surface area (Å²) in [5, 5.41) is 2.97. The molecule has 2 aromatic rings. The summed E-state index contributed by atoms with van der Waals surface area (Å²) in [5.74, 6) is -2.81. The van der Waals surface area contributed by atoms with Crippen molar-refractivity contribution in [3.05, 3.63) is 58.6 Å².